The Morgan fingerprint density at radius 1 is 1.12 bits per heavy atom. The average Bonchev–Trinajstić information content (AvgIpc) is 2.62. The number of esters is 3. The first-order chi connectivity index (χ1) is 12.3. The molecule has 0 heterocycles. The molecule has 0 aromatic heterocycles. The van der Waals surface area contributed by atoms with Crippen molar-refractivity contribution in [2.24, 2.45) is 17.8 Å². The van der Waals surface area contributed by atoms with Crippen molar-refractivity contribution in [3.8, 4) is 0 Å². The van der Waals surface area contributed by atoms with Crippen LogP contribution < -0.4 is 0 Å². The molecule has 26 heavy (non-hydrogen) atoms. The predicted molar refractivity (Wildman–Crippen MR) is 89.8 cm³/mol. The second-order valence-electron chi connectivity index (χ2n) is 6.17. The Morgan fingerprint density at radius 2 is 1.69 bits per heavy atom. The fraction of sp³-hybridized carbons (Fsp3) is 0.556. The monoisotopic (exact) mass is 368 g/mol. The van der Waals surface area contributed by atoms with Gasteiger partial charge in [-0.1, -0.05) is 32.6 Å². The van der Waals surface area contributed by atoms with E-state index in [2.05, 4.69) is 6.58 Å². The van der Waals surface area contributed by atoms with Gasteiger partial charge in [0.2, 0.25) is 0 Å². The summed E-state index contributed by atoms with van der Waals surface area (Å²) in [5.41, 5.74) is 0. The van der Waals surface area contributed by atoms with Gasteiger partial charge >= 0.3 is 23.9 Å². The second kappa shape index (κ2) is 10.4. The molecular formula is C18H24O8. The molecule has 3 unspecified atom stereocenters. The van der Waals surface area contributed by atoms with Crippen LogP contribution in [0.1, 0.15) is 26.7 Å². The largest absolute Gasteiger partial charge is 0.481 e. The number of carbonyl (C=O) groups excluding carboxylic acids is 3. The zero-order valence-corrected chi connectivity index (χ0v) is 14.9. The van der Waals surface area contributed by atoms with Crippen molar-refractivity contribution in [3.05, 3.63) is 24.8 Å². The molecule has 144 valence electrons. The van der Waals surface area contributed by atoms with E-state index >= 15 is 0 Å². The first-order valence-electron chi connectivity index (χ1n) is 8.30. The highest BCUT2D eigenvalue weighted by Gasteiger charge is 2.36. The molecule has 0 spiro atoms. The molecule has 1 aliphatic rings. The smallest absolute Gasteiger partial charge is 0.330 e. The van der Waals surface area contributed by atoms with E-state index in [0.717, 1.165) is 6.08 Å². The van der Waals surface area contributed by atoms with Crippen LogP contribution in [0.2, 0.25) is 0 Å². The molecule has 0 saturated carbocycles. The third-order valence-electron chi connectivity index (χ3n) is 3.80. The maximum absolute atomic E-state index is 12.4. The van der Waals surface area contributed by atoms with E-state index in [1.165, 1.54) is 0 Å². The van der Waals surface area contributed by atoms with E-state index < -0.39 is 41.8 Å². The quantitative estimate of drug-likeness (QED) is 0.282. The highest BCUT2D eigenvalue weighted by molar-refractivity contribution is 5.82. The lowest BCUT2D eigenvalue weighted by atomic mass is 9.83. The van der Waals surface area contributed by atoms with Crippen LogP contribution in [0.15, 0.2) is 24.8 Å². The Bertz CT molecular complexity index is 578. The average molecular weight is 368 g/mol. The van der Waals surface area contributed by atoms with Crippen molar-refractivity contribution in [2.75, 3.05) is 13.2 Å². The van der Waals surface area contributed by atoms with Crippen LogP contribution in [0, 0.1) is 17.8 Å². The number of allylic oxidation sites excluding steroid dienone is 2. The second-order valence-corrected chi connectivity index (χ2v) is 6.17. The van der Waals surface area contributed by atoms with Gasteiger partial charge in [0.05, 0.1) is 17.8 Å². The SMILES string of the molecule is C=CC(=O)OCC(COC(=O)C(C)C)OC(=O)C1CC=CCC1C(=O)O. The summed E-state index contributed by atoms with van der Waals surface area (Å²) in [4.78, 5) is 46.5. The van der Waals surface area contributed by atoms with Crippen molar-refractivity contribution in [1.29, 1.82) is 0 Å². The zero-order chi connectivity index (χ0) is 19.7. The van der Waals surface area contributed by atoms with Crippen LogP contribution in [0.5, 0.6) is 0 Å². The minimum atomic E-state index is -1.09. The Labute approximate surface area is 151 Å². The summed E-state index contributed by atoms with van der Waals surface area (Å²) in [6, 6.07) is 0. The van der Waals surface area contributed by atoms with Crippen LogP contribution in [0.25, 0.3) is 0 Å². The lowest BCUT2D eigenvalue weighted by Crippen LogP contribution is -2.37. The predicted octanol–water partition coefficient (Wildman–Crippen LogP) is 1.49. The van der Waals surface area contributed by atoms with Crippen molar-refractivity contribution < 1.29 is 38.5 Å². The van der Waals surface area contributed by atoms with Gasteiger partial charge in [-0.25, -0.2) is 4.79 Å². The number of carboxylic acids is 1. The molecule has 3 atom stereocenters. The van der Waals surface area contributed by atoms with Crippen LogP contribution in [0.3, 0.4) is 0 Å². The fourth-order valence-electron chi connectivity index (χ4n) is 2.29. The molecule has 0 fully saturated rings. The lowest BCUT2D eigenvalue weighted by Gasteiger charge is -2.26. The molecule has 0 aromatic carbocycles. The molecule has 0 radical (unpaired) electrons. The van der Waals surface area contributed by atoms with Gasteiger partial charge in [0, 0.05) is 6.08 Å². The van der Waals surface area contributed by atoms with Crippen LogP contribution in [0.4, 0.5) is 0 Å². The minimum absolute atomic E-state index is 0.230. The molecule has 1 N–H and O–H groups in total. The van der Waals surface area contributed by atoms with E-state index in [4.69, 9.17) is 14.2 Å². The molecular weight excluding hydrogens is 344 g/mol. The van der Waals surface area contributed by atoms with Crippen LogP contribution in [-0.4, -0.2) is 48.3 Å². The van der Waals surface area contributed by atoms with E-state index in [1.54, 1.807) is 26.0 Å². The zero-order valence-electron chi connectivity index (χ0n) is 14.9. The number of ether oxygens (including phenoxy) is 3. The highest BCUT2D eigenvalue weighted by Crippen LogP contribution is 2.27. The van der Waals surface area contributed by atoms with Gasteiger partial charge in [0.1, 0.15) is 13.2 Å². The Balaban J connectivity index is 2.74. The lowest BCUT2D eigenvalue weighted by molar-refractivity contribution is -0.172. The Kier molecular flexibility index (Phi) is 8.54. The summed E-state index contributed by atoms with van der Waals surface area (Å²) in [5.74, 6) is -5.14. The van der Waals surface area contributed by atoms with E-state index in [1.807, 2.05) is 0 Å². The Morgan fingerprint density at radius 3 is 2.23 bits per heavy atom. The summed E-state index contributed by atoms with van der Waals surface area (Å²) < 4.78 is 15.2. The number of aliphatic carboxylic acids is 1. The van der Waals surface area contributed by atoms with Gasteiger partial charge in [-0.05, 0) is 12.8 Å². The maximum atomic E-state index is 12.4. The van der Waals surface area contributed by atoms with Gasteiger partial charge in [-0.2, -0.15) is 0 Å². The normalized spacial score (nSPS) is 20.1. The van der Waals surface area contributed by atoms with Crippen molar-refractivity contribution in [1.82, 2.24) is 0 Å². The summed E-state index contributed by atoms with van der Waals surface area (Å²) in [6.07, 6.45) is 3.81. The van der Waals surface area contributed by atoms with Gasteiger partial charge in [-0.15, -0.1) is 0 Å². The summed E-state index contributed by atoms with van der Waals surface area (Å²) in [6.45, 7) is 5.92. The molecule has 1 rings (SSSR count). The number of rotatable bonds is 9. The van der Waals surface area contributed by atoms with E-state index in [9.17, 15) is 24.3 Å². The number of carbonyl (C=O) groups is 4. The fourth-order valence-corrected chi connectivity index (χ4v) is 2.29. The third-order valence-corrected chi connectivity index (χ3v) is 3.80. The van der Waals surface area contributed by atoms with Gasteiger partial charge in [0.15, 0.2) is 6.10 Å². The number of hydrogen-bond acceptors (Lipinski definition) is 7. The molecule has 0 aromatic rings. The van der Waals surface area contributed by atoms with Crippen LogP contribution >= 0.6 is 0 Å². The van der Waals surface area contributed by atoms with Gasteiger partial charge < -0.3 is 19.3 Å². The molecule has 0 amide bonds. The third kappa shape index (κ3) is 6.70. The van der Waals surface area contributed by atoms with Crippen LogP contribution in [-0.2, 0) is 33.4 Å². The van der Waals surface area contributed by atoms with Crippen molar-refractivity contribution >= 4 is 23.9 Å². The molecule has 8 heteroatoms. The van der Waals surface area contributed by atoms with E-state index in [0.29, 0.717) is 0 Å². The van der Waals surface area contributed by atoms with Crippen molar-refractivity contribution in [3.63, 3.8) is 0 Å². The Hall–Kier alpha value is -2.64. The molecule has 1 aliphatic carbocycles. The summed E-state index contributed by atoms with van der Waals surface area (Å²) >= 11 is 0. The highest BCUT2D eigenvalue weighted by atomic mass is 16.6. The number of hydrogen-bond donors (Lipinski definition) is 1. The van der Waals surface area contributed by atoms with Gasteiger partial charge in [-0.3, -0.25) is 14.4 Å². The maximum Gasteiger partial charge on any atom is 0.330 e. The first-order valence-corrected chi connectivity index (χ1v) is 8.30. The molecule has 8 nitrogen and oxygen atoms in total. The topological polar surface area (TPSA) is 116 Å². The molecule has 0 saturated heterocycles. The standard InChI is InChI=1S/C18H24O8/c1-4-15(19)24-9-12(10-25-17(22)11(2)3)26-18(23)14-8-6-5-7-13(14)16(20)21/h4-6,11-14H,1,7-10H2,2-3H3,(H,20,21). The number of carboxylic acid groups (broad SMARTS) is 1. The summed E-state index contributed by atoms with van der Waals surface area (Å²) in [5, 5.41) is 9.25. The molecule has 0 bridgehead atoms. The molecule has 0 aliphatic heterocycles. The van der Waals surface area contributed by atoms with E-state index in [-0.39, 0.29) is 32.0 Å². The van der Waals surface area contributed by atoms with Gasteiger partial charge in [0.25, 0.3) is 0 Å². The minimum Gasteiger partial charge on any atom is -0.481 e. The van der Waals surface area contributed by atoms with Crippen molar-refractivity contribution in [2.45, 2.75) is 32.8 Å². The first kappa shape index (κ1) is 21.4. The summed E-state index contributed by atoms with van der Waals surface area (Å²) in [7, 11) is 0.